The molecule has 1 atom stereocenters. The number of nitrogens with zero attached hydrogens (tertiary/aromatic N) is 3. The van der Waals surface area contributed by atoms with Gasteiger partial charge in [0.05, 0.1) is 17.2 Å². The molecular formula is C20H29N5S. The largest absolute Gasteiger partial charge is 0.369 e. The molecule has 1 aliphatic heterocycles. The van der Waals surface area contributed by atoms with E-state index in [0.29, 0.717) is 6.04 Å². The second kappa shape index (κ2) is 8.54. The number of guanidine groups is 1. The molecule has 0 saturated carbocycles. The van der Waals surface area contributed by atoms with Crippen molar-refractivity contribution in [2.24, 2.45) is 4.99 Å². The first-order valence-electron chi connectivity index (χ1n) is 9.27. The number of thiazole rings is 1. The van der Waals surface area contributed by atoms with Crippen molar-refractivity contribution in [2.45, 2.75) is 46.2 Å². The minimum atomic E-state index is 0.403. The summed E-state index contributed by atoms with van der Waals surface area (Å²) in [6, 6.07) is 9.22. The van der Waals surface area contributed by atoms with Crippen LogP contribution in [0.1, 0.15) is 34.0 Å². The third-order valence-corrected chi connectivity index (χ3v) is 5.87. The first kappa shape index (κ1) is 18.7. The number of aliphatic imine (C=N–C) groups is 1. The number of rotatable bonds is 4. The number of benzene rings is 1. The zero-order chi connectivity index (χ0) is 18.5. The Hall–Kier alpha value is -2.08. The van der Waals surface area contributed by atoms with Crippen LogP contribution in [0.5, 0.6) is 0 Å². The molecule has 5 nitrogen and oxygen atoms in total. The maximum absolute atomic E-state index is 4.49. The van der Waals surface area contributed by atoms with Crippen molar-refractivity contribution >= 4 is 23.0 Å². The van der Waals surface area contributed by atoms with Gasteiger partial charge in [-0.25, -0.2) is 4.98 Å². The van der Waals surface area contributed by atoms with Crippen molar-refractivity contribution in [2.75, 3.05) is 25.0 Å². The number of hydrogen-bond acceptors (Lipinski definition) is 4. The zero-order valence-corrected chi connectivity index (χ0v) is 17.0. The monoisotopic (exact) mass is 371 g/mol. The molecule has 1 unspecified atom stereocenters. The SMILES string of the molecule is CN=C(NCc1sc(C)nc1C)NC1CCCN(c2ccc(C)cc2)C1. The van der Waals surface area contributed by atoms with Gasteiger partial charge in [0, 0.05) is 36.7 Å². The quantitative estimate of drug-likeness (QED) is 0.639. The van der Waals surface area contributed by atoms with Crippen molar-refractivity contribution in [3.63, 3.8) is 0 Å². The lowest BCUT2D eigenvalue weighted by molar-refractivity contribution is 0.468. The lowest BCUT2D eigenvalue weighted by Crippen LogP contribution is -2.51. The molecule has 0 aliphatic carbocycles. The Morgan fingerprint density at radius 2 is 2.04 bits per heavy atom. The summed E-state index contributed by atoms with van der Waals surface area (Å²) in [7, 11) is 1.83. The fraction of sp³-hybridized carbons (Fsp3) is 0.500. The van der Waals surface area contributed by atoms with Crippen LogP contribution in [0.25, 0.3) is 0 Å². The first-order valence-corrected chi connectivity index (χ1v) is 10.1. The molecule has 140 valence electrons. The van der Waals surface area contributed by atoms with Crippen LogP contribution in [0, 0.1) is 20.8 Å². The molecule has 1 aromatic heterocycles. The van der Waals surface area contributed by atoms with Gasteiger partial charge in [-0.05, 0) is 45.7 Å². The molecule has 0 spiro atoms. The third-order valence-electron chi connectivity index (χ3n) is 4.80. The predicted octanol–water partition coefficient (Wildman–Crippen LogP) is 3.40. The molecule has 0 amide bonds. The summed E-state index contributed by atoms with van der Waals surface area (Å²) in [5, 5.41) is 8.15. The standard InChI is InChI=1S/C20H29N5S/c1-14-7-9-18(10-8-14)25-11-5-6-17(13-25)24-20(21-4)22-12-19-15(2)23-16(3)26-19/h7-10,17H,5-6,11-13H2,1-4H3,(H2,21,22,24). The van der Waals surface area contributed by atoms with Crippen LogP contribution in [0.3, 0.4) is 0 Å². The average molecular weight is 372 g/mol. The topological polar surface area (TPSA) is 52.6 Å². The van der Waals surface area contributed by atoms with E-state index in [0.717, 1.165) is 36.3 Å². The number of aromatic nitrogens is 1. The van der Waals surface area contributed by atoms with E-state index in [9.17, 15) is 0 Å². The van der Waals surface area contributed by atoms with Crippen molar-refractivity contribution < 1.29 is 0 Å². The Morgan fingerprint density at radius 1 is 1.27 bits per heavy atom. The van der Waals surface area contributed by atoms with E-state index in [1.165, 1.54) is 29.0 Å². The van der Waals surface area contributed by atoms with Gasteiger partial charge in [-0.3, -0.25) is 4.99 Å². The minimum Gasteiger partial charge on any atom is -0.369 e. The van der Waals surface area contributed by atoms with Gasteiger partial charge < -0.3 is 15.5 Å². The molecule has 2 N–H and O–H groups in total. The zero-order valence-electron chi connectivity index (χ0n) is 16.2. The highest BCUT2D eigenvalue weighted by Gasteiger charge is 2.21. The molecule has 3 rings (SSSR count). The fourth-order valence-corrected chi connectivity index (χ4v) is 4.25. The van der Waals surface area contributed by atoms with Crippen LogP contribution < -0.4 is 15.5 Å². The Bertz CT molecular complexity index is 750. The Kier molecular flexibility index (Phi) is 6.14. The highest BCUT2D eigenvalue weighted by Crippen LogP contribution is 2.20. The summed E-state index contributed by atoms with van der Waals surface area (Å²) in [5.41, 5.74) is 3.72. The van der Waals surface area contributed by atoms with E-state index < -0.39 is 0 Å². The van der Waals surface area contributed by atoms with Crippen LogP contribution in [0.15, 0.2) is 29.3 Å². The number of nitrogens with one attached hydrogen (secondary N) is 2. The van der Waals surface area contributed by atoms with E-state index in [2.05, 4.69) is 70.5 Å². The summed E-state index contributed by atoms with van der Waals surface area (Å²) in [4.78, 5) is 12.6. The summed E-state index contributed by atoms with van der Waals surface area (Å²) in [6.07, 6.45) is 2.36. The Morgan fingerprint density at radius 3 is 2.69 bits per heavy atom. The normalized spacial score (nSPS) is 18.1. The molecule has 2 aromatic rings. The van der Waals surface area contributed by atoms with Crippen LogP contribution in [-0.4, -0.2) is 37.1 Å². The maximum Gasteiger partial charge on any atom is 0.191 e. The molecule has 1 aromatic carbocycles. The predicted molar refractivity (Wildman–Crippen MR) is 111 cm³/mol. The molecule has 6 heteroatoms. The molecule has 0 bridgehead atoms. The van der Waals surface area contributed by atoms with E-state index in [1.807, 2.05) is 7.05 Å². The molecule has 26 heavy (non-hydrogen) atoms. The molecule has 1 saturated heterocycles. The van der Waals surface area contributed by atoms with Gasteiger partial charge in [-0.1, -0.05) is 17.7 Å². The summed E-state index contributed by atoms with van der Waals surface area (Å²) >= 11 is 1.75. The van der Waals surface area contributed by atoms with Crippen LogP contribution in [0.4, 0.5) is 5.69 Å². The molecule has 1 fully saturated rings. The fourth-order valence-electron chi connectivity index (χ4n) is 3.37. The van der Waals surface area contributed by atoms with Gasteiger partial charge in [0.25, 0.3) is 0 Å². The maximum atomic E-state index is 4.49. The van der Waals surface area contributed by atoms with Crippen molar-refractivity contribution in [1.82, 2.24) is 15.6 Å². The third kappa shape index (κ3) is 4.75. The molecule has 0 radical (unpaired) electrons. The Labute approximate surface area is 160 Å². The number of anilines is 1. The van der Waals surface area contributed by atoms with Crippen LogP contribution in [-0.2, 0) is 6.54 Å². The van der Waals surface area contributed by atoms with Gasteiger partial charge in [0.2, 0.25) is 0 Å². The highest BCUT2D eigenvalue weighted by atomic mass is 32.1. The van der Waals surface area contributed by atoms with E-state index >= 15 is 0 Å². The first-order chi connectivity index (χ1) is 12.5. The van der Waals surface area contributed by atoms with Crippen molar-refractivity contribution in [1.29, 1.82) is 0 Å². The molecular weight excluding hydrogens is 342 g/mol. The van der Waals surface area contributed by atoms with Crippen LogP contribution >= 0.6 is 11.3 Å². The average Bonchev–Trinajstić information content (AvgIpc) is 2.96. The van der Waals surface area contributed by atoms with Gasteiger partial charge in [-0.2, -0.15) is 0 Å². The highest BCUT2D eigenvalue weighted by molar-refractivity contribution is 7.11. The van der Waals surface area contributed by atoms with E-state index in [4.69, 9.17) is 0 Å². The summed E-state index contributed by atoms with van der Waals surface area (Å²) in [6.45, 7) is 9.14. The lowest BCUT2D eigenvalue weighted by atomic mass is 10.0. The lowest BCUT2D eigenvalue weighted by Gasteiger charge is -2.35. The molecule has 2 heterocycles. The van der Waals surface area contributed by atoms with E-state index in [1.54, 1.807) is 11.3 Å². The van der Waals surface area contributed by atoms with E-state index in [-0.39, 0.29) is 0 Å². The van der Waals surface area contributed by atoms with Gasteiger partial charge >= 0.3 is 0 Å². The second-order valence-electron chi connectivity index (χ2n) is 6.93. The van der Waals surface area contributed by atoms with Gasteiger partial charge in [0.1, 0.15) is 0 Å². The van der Waals surface area contributed by atoms with Gasteiger partial charge in [0.15, 0.2) is 5.96 Å². The number of hydrogen-bond donors (Lipinski definition) is 2. The van der Waals surface area contributed by atoms with Crippen molar-refractivity contribution in [3.05, 3.63) is 45.4 Å². The minimum absolute atomic E-state index is 0.403. The number of aryl methyl sites for hydroxylation is 3. The molecule has 1 aliphatic rings. The smallest absolute Gasteiger partial charge is 0.191 e. The summed E-state index contributed by atoms with van der Waals surface area (Å²) < 4.78 is 0. The Balaban J connectivity index is 1.56. The second-order valence-corrected chi connectivity index (χ2v) is 8.22. The number of piperidine rings is 1. The van der Waals surface area contributed by atoms with Crippen molar-refractivity contribution in [3.8, 4) is 0 Å². The van der Waals surface area contributed by atoms with Gasteiger partial charge in [-0.15, -0.1) is 11.3 Å². The van der Waals surface area contributed by atoms with Crippen LogP contribution in [0.2, 0.25) is 0 Å². The summed E-state index contributed by atoms with van der Waals surface area (Å²) in [5.74, 6) is 0.867.